The molecule has 0 aromatic carbocycles. The highest BCUT2D eigenvalue weighted by Gasteiger charge is 2.04. The van der Waals surface area contributed by atoms with Crippen LogP contribution in [0.25, 0.3) is 0 Å². The summed E-state index contributed by atoms with van der Waals surface area (Å²) in [6.07, 6.45) is 11.6. The van der Waals surface area contributed by atoms with Crippen LogP contribution in [-0.2, 0) is 28.5 Å². The van der Waals surface area contributed by atoms with Crippen LogP contribution in [0.5, 0.6) is 0 Å². The largest absolute Gasteiger partial charge is 0.463 e. The Balaban J connectivity index is 3.06. The predicted molar refractivity (Wildman–Crippen MR) is 116 cm³/mol. The molecule has 0 spiro atoms. The van der Waals surface area contributed by atoms with Crippen molar-refractivity contribution < 1.29 is 28.5 Å². The summed E-state index contributed by atoms with van der Waals surface area (Å²) in [5.41, 5.74) is 0. The number of hydrogen-bond acceptors (Lipinski definition) is 6. The van der Waals surface area contributed by atoms with E-state index in [1.54, 1.807) is 0 Å². The summed E-state index contributed by atoms with van der Waals surface area (Å²) in [4.78, 5) is 11.3. The Morgan fingerprint density at radius 1 is 0.586 bits per heavy atom. The monoisotopic (exact) mass is 418 g/mol. The molecule has 174 valence electrons. The Labute approximate surface area is 178 Å². The Hall–Kier alpha value is -0.690. The smallest absolute Gasteiger partial charge is 0.306 e. The molecule has 0 aromatic heterocycles. The van der Waals surface area contributed by atoms with Crippen LogP contribution < -0.4 is 0 Å². The average Bonchev–Trinajstić information content (AvgIpc) is 2.68. The molecule has 0 aliphatic carbocycles. The third kappa shape index (κ3) is 25.3. The zero-order valence-corrected chi connectivity index (χ0v) is 19.3. The molecule has 0 unspecified atom stereocenters. The van der Waals surface area contributed by atoms with E-state index in [1.165, 1.54) is 44.9 Å². The van der Waals surface area contributed by atoms with Gasteiger partial charge < -0.3 is 23.7 Å². The second kappa shape index (κ2) is 23.6. The topological polar surface area (TPSA) is 63.2 Å². The second-order valence-corrected chi connectivity index (χ2v) is 7.57. The first-order valence-corrected chi connectivity index (χ1v) is 11.7. The van der Waals surface area contributed by atoms with Gasteiger partial charge in [0.25, 0.3) is 0 Å². The number of ether oxygens (including phenoxy) is 5. The van der Waals surface area contributed by atoms with Gasteiger partial charge in [-0.3, -0.25) is 4.79 Å². The number of unbranched alkanes of at least 4 members (excludes halogenated alkanes) is 7. The zero-order chi connectivity index (χ0) is 21.4. The SMILES string of the molecule is CCCCCCCCCCOCCOCCOCCOCCCC(=O)OC(C)C. The molecule has 6 nitrogen and oxygen atoms in total. The molecule has 0 amide bonds. The van der Waals surface area contributed by atoms with E-state index in [-0.39, 0.29) is 12.1 Å². The molecule has 0 bridgehead atoms. The predicted octanol–water partition coefficient (Wildman–Crippen LogP) is 4.93. The maximum absolute atomic E-state index is 11.3. The molecule has 29 heavy (non-hydrogen) atoms. The molecule has 0 saturated carbocycles. The van der Waals surface area contributed by atoms with Crippen LogP contribution in [0.4, 0.5) is 0 Å². The summed E-state index contributed by atoms with van der Waals surface area (Å²) in [6.45, 7) is 10.8. The minimum Gasteiger partial charge on any atom is -0.463 e. The van der Waals surface area contributed by atoms with Crippen LogP contribution in [0.3, 0.4) is 0 Å². The van der Waals surface area contributed by atoms with Gasteiger partial charge in [0.1, 0.15) is 0 Å². The van der Waals surface area contributed by atoms with E-state index in [0.717, 1.165) is 13.0 Å². The highest BCUT2D eigenvalue weighted by molar-refractivity contribution is 5.69. The van der Waals surface area contributed by atoms with Gasteiger partial charge >= 0.3 is 5.97 Å². The van der Waals surface area contributed by atoms with Gasteiger partial charge in [-0.15, -0.1) is 0 Å². The van der Waals surface area contributed by atoms with Crippen LogP contribution in [-0.4, -0.2) is 64.9 Å². The van der Waals surface area contributed by atoms with Crippen LogP contribution in [0, 0.1) is 0 Å². The van der Waals surface area contributed by atoms with E-state index < -0.39 is 0 Å². The van der Waals surface area contributed by atoms with Crippen LogP contribution in [0.2, 0.25) is 0 Å². The van der Waals surface area contributed by atoms with Crippen LogP contribution in [0.15, 0.2) is 0 Å². The maximum atomic E-state index is 11.3. The second-order valence-electron chi connectivity index (χ2n) is 7.57. The van der Waals surface area contributed by atoms with E-state index >= 15 is 0 Å². The van der Waals surface area contributed by atoms with Gasteiger partial charge in [-0.05, 0) is 26.7 Å². The van der Waals surface area contributed by atoms with Gasteiger partial charge in [0, 0.05) is 19.6 Å². The van der Waals surface area contributed by atoms with Gasteiger partial charge in [0.15, 0.2) is 0 Å². The average molecular weight is 419 g/mol. The molecule has 0 saturated heterocycles. The first-order chi connectivity index (χ1) is 14.2. The minimum absolute atomic E-state index is 0.0551. The van der Waals surface area contributed by atoms with Crippen molar-refractivity contribution >= 4 is 5.97 Å². The Morgan fingerprint density at radius 3 is 1.48 bits per heavy atom. The normalized spacial score (nSPS) is 11.3. The highest BCUT2D eigenvalue weighted by Crippen LogP contribution is 2.08. The number of rotatable bonds is 23. The molecule has 6 heteroatoms. The van der Waals surface area contributed by atoms with E-state index in [4.69, 9.17) is 23.7 Å². The third-order valence-electron chi connectivity index (χ3n) is 4.29. The number of esters is 1. The molecule has 0 heterocycles. The third-order valence-corrected chi connectivity index (χ3v) is 4.29. The van der Waals surface area contributed by atoms with Crippen molar-refractivity contribution in [2.75, 3.05) is 52.9 Å². The van der Waals surface area contributed by atoms with Crippen molar-refractivity contribution in [3.8, 4) is 0 Å². The fraction of sp³-hybridized carbons (Fsp3) is 0.957. The molecule has 0 rings (SSSR count). The Bertz CT molecular complexity index is 335. The van der Waals surface area contributed by atoms with Crippen molar-refractivity contribution in [3.63, 3.8) is 0 Å². The van der Waals surface area contributed by atoms with E-state index in [1.807, 2.05) is 13.8 Å². The number of carbonyl (C=O) groups excluding carboxylic acids is 1. The van der Waals surface area contributed by atoms with Crippen LogP contribution in [0.1, 0.15) is 85.0 Å². The van der Waals surface area contributed by atoms with Crippen molar-refractivity contribution in [1.82, 2.24) is 0 Å². The van der Waals surface area contributed by atoms with Crippen molar-refractivity contribution in [1.29, 1.82) is 0 Å². The van der Waals surface area contributed by atoms with Gasteiger partial charge in [0.05, 0.1) is 45.7 Å². The molecule has 0 radical (unpaired) electrons. The fourth-order valence-corrected chi connectivity index (χ4v) is 2.74. The fourth-order valence-electron chi connectivity index (χ4n) is 2.74. The maximum Gasteiger partial charge on any atom is 0.306 e. The zero-order valence-electron chi connectivity index (χ0n) is 19.3. The number of hydrogen-bond donors (Lipinski definition) is 0. The van der Waals surface area contributed by atoms with Crippen LogP contribution >= 0.6 is 0 Å². The molecule has 0 N–H and O–H groups in total. The summed E-state index contributed by atoms with van der Waals surface area (Å²) in [5.74, 6) is -0.168. The lowest BCUT2D eigenvalue weighted by Crippen LogP contribution is -2.13. The lowest BCUT2D eigenvalue weighted by atomic mass is 10.1. The summed E-state index contributed by atoms with van der Waals surface area (Å²) in [5, 5.41) is 0. The first kappa shape index (κ1) is 28.3. The van der Waals surface area contributed by atoms with Crippen molar-refractivity contribution in [3.05, 3.63) is 0 Å². The summed E-state index contributed by atoms with van der Waals surface area (Å²) < 4.78 is 27.0. The summed E-state index contributed by atoms with van der Waals surface area (Å²) in [6, 6.07) is 0. The molecule has 0 atom stereocenters. The van der Waals surface area contributed by atoms with Gasteiger partial charge in [0.2, 0.25) is 0 Å². The molecule has 0 aromatic rings. The lowest BCUT2D eigenvalue weighted by molar-refractivity contribution is -0.147. The van der Waals surface area contributed by atoms with Gasteiger partial charge in [-0.1, -0.05) is 51.9 Å². The summed E-state index contributed by atoms with van der Waals surface area (Å²) in [7, 11) is 0. The molecule has 0 aliphatic rings. The Morgan fingerprint density at radius 2 is 1.00 bits per heavy atom. The van der Waals surface area contributed by atoms with Crippen molar-refractivity contribution in [2.45, 2.75) is 91.1 Å². The van der Waals surface area contributed by atoms with E-state index in [9.17, 15) is 4.79 Å². The number of carbonyl (C=O) groups is 1. The molecule has 0 fully saturated rings. The quantitative estimate of drug-likeness (QED) is 0.173. The van der Waals surface area contributed by atoms with E-state index in [0.29, 0.717) is 59.1 Å². The highest BCUT2D eigenvalue weighted by atomic mass is 16.6. The molecular weight excluding hydrogens is 372 g/mol. The standard InChI is InChI=1S/C23H46O6/c1-4-5-6-7-8-9-10-11-14-25-16-18-27-20-21-28-19-17-26-15-12-13-23(24)29-22(2)3/h22H,4-21H2,1-3H3. The first-order valence-electron chi connectivity index (χ1n) is 11.7. The van der Waals surface area contributed by atoms with Gasteiger partial charge in [-0.25, -0.2) is 0 Å². The lowest BCUT2D eigenvalue weighted by Gasteiger charge is -2.08. The van der Waals surface area contributed by atoms with Crippen molar-refractivity contribution in [2.24, 2.45) is 0 Å². The molecular formula is C23H46O6. The molecule has 0 aliphatic heterocycles. The van der Waals surface area contributed by atoms with Gasteiger partial charge in [-0.2, -0.15) is 0 Å². The Kier molecular flexibility index (Phi) is 23.0. The van der Waals surface area contributed by atoms with E-state index in [2.05, 4.69) is 6.92 Å². The summed E-state index contributed by atoms with van der Waals surface area (Å²) >= 11 is 0. The minimum atomic E-state index is -0.168.